The lowest BCUT2D eigenvalue weighted by molar-refractivity contribution is -0.384. The summed E-state index contributed by atoms with van der Waals surface area (Å²) >= 11 is 5.79. The number of benzene rings is 2. The number of hydrogen-bond donors (Lipinski definition) is 1. The van der Waals surface area contributed by atoms with Gasteiger partial charge in [0.1, 0.15) is 16.7 Å². The van der Waals surface area contributed by atoms with Crippen molar-refractivity contribution in [2.24, 2.45) is 0 Å². The first kappa shape index (κ1) is 22.4. The maximum absolute atomic E-state index is 12.5. The molecule has 2 aliphatic rings. The predicted octanol–water partition coefficient (Wildman–Crippen LogP) is 3.14. The highest BCUT2D eigenvalue weighted by molar-refractivity contribution is 6.32. The lowest BCUT2D eigenvalue weighted by Crippen LogP contribution is -2.43. The van der Waals surface area contributed by atoms with Crippen LogP contribution in [0.4, 0.5) is 11.4 Å². The van der Waals surface area contributed by atoms with Crippen LogP contribution in [0.1, 0.15) is 5.56 Å². The number of halogens is 1. The van der Waals surface area contributed by atoms with Crippen LogP contribution in [0.25, 0.3) is 0 Å². The molecule has 1 saturated heterocycles. The number of nitrogens with one attached hydrogen (secondary N) is 1. The molecule has 2 heterocycles. The Hall–Kier alpha value is -3.81. The van der Waals surface area contributed by atoms with Gasteiger partial charge in [-0.25, -0.2) is 0 Å². The fourth-order valence-electron chi connectivity index (χ4n) is 3.60. The lowest BCUT2D eigenvalue weighted by atomic mass is 10.1. The van der Waals surface area contributed by atoms with Crippen molar-refractivity contribution < 1.29 is 19.2 Å². The van der Waals surface area contributed by atoms with E-state index in [9.17, 15) is 20.2 Å². The summed E-state index contributed by atoms with van der Waals surface area (Å²) in [6, 6.07) is 11.7. The zero-order chi connectivity index (χ0) is 23.4. The molecule has 2 aliphatic heterocycles. The van der Waals surface area contributed by atoms with E-state index in [1.165, 1.54) is 18.3 Å². The third-order valence-electron chi connectivity index (χ3n) is 5.33. The number of rotatable bonds is 6. The lowest BCUT2D eigenvalue weighted by Gasteiger charge is -2.34. The zero-order valence-electron chi connectivity index (χ0n) is 17.5. The normalized spacial score (nSPS) is 15.8. The van der Waals surface area contributed by atoms with Crippen LogP contribution in [0.5, 0.6) is 11.5 Å². The fourth-order valence-corrected chi connectivity index (χ4v) is 3.78. The summed E-state index contributed by atoms with van der Waals surface area (Å²) in [6.07, 6.45) is 1.53. The number of carbonyl (C=O) groups is 1. The maximum Gasteiger partial charge on any atom is 0.289 e. The maximum atomic E-state index is 12.5. The van der Waals surface area contributed by atoms with E-state index in [2.05, 4.69) is 10.2 Å². The molecular formula is C22H20ClN5O5. The molecule has 0 saturated carbocycles. The number of piperazine rings is 1. The van der Waals surface area contributed by atoms with Crippen molar-refractivity contribution in [1.82, 2.24) is 9.80 Å². The van der Waals surface area contributed by atoms with E-state index in [4.69, 9.17) is 21.1 Å². The molecule has 1 amide bonds. The first-order chi connectivity index (χ1) is 15.9. The Morgan fingerprint density at radius 3 is 2.67 bits per heavy atom. The summed E-state index contributed by atoms with van der Waals surface area (Å²) < 4.78 is 10.8. The summed E-state index contributed by atoms with van der Waals surface area (Å²) in [5.74, 6) is 0.867. The number of nitrogens with zero attached hydrogens (tertiary/aromatic N) is 4. The Kier molecular flexibility index (Phi) is 6.63. The van der Waals surface area contributed by atoms with Gasteiger partial charge in [0.05, 0.1) is 4.92 Å². The van der Waals surface area contributed by atoms with Gasteiger partial charge in [0.2, 0.25) is 6.79 Å². The molecule has 0 bridgehead atoms. The summed E-state index contributed by atoms with van der Waals surface area (Å²) in [5.41, 5.74) is 0.899. The zero-order valence-corrected chi connectivity index (χ0v) is 18.2. The molecule has 10 nitrogen and oxygen atoms in total. The van der Waals surface area contributed by atoms with E-state index in [1.807, 2.05) is 29.2 Å². The Bertz CT molecular complexity index is 1150. The topological polar surface area (TPSA) is 121 Å². The molecule has 1 fully saturated rings. The van der Waals surface area contributed by atoms with Crippen molar-refractivity contribution >= 4 is 28.9 Å². The Balaban J connectivity index is 1.33. The van der Waals surface area contributed by atoms with E-state index >= 15 is 0 Å². The van der Waals surface area contributed by atoms with Crippen LogP contribution >= 0.6 is 11.6 Å². The van der Waals surface area contributed by atoms with Crippen LogP contribution in [-0.2, 0) is 11.3 Å². The Morgan fingerprint density at radius 2 is 1.94 bits per heavy atom. The van der Waals surface area contributed by atoms with Crippen molar-refractivity contribution in [1.29, 1.82) is 5.26 Å². The van der Waals surface area contributed by atoms with Gasteiger partial charge >= 0.3 is 0 Å². The highest BCUT2D eigenvalue weighted by atomic mass is 35.5. The Morgan fingerprint density at radius 1 is 1.18 bits per heavy atom. The molecule has 2 aromatic rings. The van der Waals surface area contributed by atoms with E-state index in [1.54, 1.807) is 0 Å². The molecule has 0 aliphatic carbocycles. The van der Waals surface area contributed by atoms with Gasteiger partial charge in [-0.3, -0.25) is 19.8 Å². The van der Waals surface area contributed by atoms with Crippen LogP contribution in [0, 0.1) is 21.4 Å². The number of ether oxygens (including phenoxy) is 2. The van der Waals surface area contributed by atoms with Crippen LogP contribution < -0.4 is 14.8 Å². The van der Waals surface area contributed by atoms with Crippen molar-refractivity contribution in [2.45, 2.75) is 6.54 Å². The van der Waals surface area contributed by atoms with Crippen molar-refractivity contribution in [3.63, 3.8) is 0 Å². The molecule has 33 heavy (non-hydrogen) atoms. The third kappa shape index (κ3) is 5.34. The minimum atomic E-state index is -0.642. The van der Waals surface area contributed by atoms with Crippen molar-refractivity contribution in [2.75, 3.05) is 38.3 Å². The second-order valence-corrected chi connectivity index (χ2v) is 7.94. The number of anilines is 1. The predicted molar refractivity (Wildman–Crippen MR) is 120 cm³/mol. The number of nitro groups is 1. The van der Waals surface area contributed by atoms with Gasteiger partial charge in [0.15, 0.2) is 11.5 Å². The second kappa shape index (κ2) is 9.77. The summed E-state index contributed by atoms with van der Waals surface area (Å²) in [7, 11) is 0. The van der Waals surface area contributed by atoms with Crippen molar-refractivity contribution in [3.8, 4) is 17.6 Å². The third-order valence-corrected chi connectivity index (χ3v) is 5.65. The number of nitriles is 1. The number of carbonyl (C=O) groups excluding carboxylic acids is 1. The molecule has 170 valence electrons. The SMILES string of the molecule is N#C/C(=C/N1CCN(Cc2ccc3c(c2)OCO3)CC1)C(=O)Nc1ccc(Cl)c([N+](=O)[O-])c1. The first-order valence-corrected chi connectivity index (χ1v) is 10.5. The number of hydrogen-bond acceptors (Lipinski definition) is 8. The Labute approximate surface area is 194 Å². The average molecular weight is 470 g/mol. The molecule has 1 N–H and O–H groups in total. The second-order valence-electron chi connectivity index (χ2n) is 7.53. The number of amides is 1. The van der Waals surface area contributed by atoms with Crippen molar-refractivity contribution in [3.05, 3.63) is 68.9 Å². The highest BCUT2D eigenvalue weighted by Gasteiger charge is 2.20. The van der Waals surface area contributed by atoms with E-state index < -0.39 is 10.8 Å². The number of fused-ring (bicyclic) bond motifs is 1. The van der Waals surface area contributed by atoms with Gasteiger partial charge < -0.3 is 19.7 Å². The average Bonchev–Trinajstić information content (AvgIpc) is 3.27. The smallest absolute Gasteiger partial charge is 0.289 e. The fraction of sp³-hybridized carbons (Fsp3) is 0.273. The monoisotopic (exact) mass is 469 g/mol. The van der Waals surface area contributed by atoms with E-state index in [0.717, 1.165) is 42.8 Å². The molecule has 4 rings (SSSR count). The largest absolute Gasteiger partial charge is 0.454 e. The van der Waals surface area contributed by atoms with Gasteiger partial charge in [-0.2, -0.15) is 5.26 Å². The van der Waals surface area contributed by atoms with Gasteiger partial charge in [0.25, 0.3) is 11.6 Å². The van der Waals surface area contributed by atoms with E-state index in [0.29, 0.717) is 13.1 Å². The van der Waals surface area contributed by atoms with Gasteiger partial charge in [-0.05, 0) is 29.8 Å². The standard InChI is InChI=1S/C22H20ClN5O5/c23-18-3-2-17(10-19(18)28(30)31)25-22(29)16(11-24)13-27-7-5-26(6-8-27)12-15-1-4-20-21(9-15)33-14-32-20/h1-4,9-10,13H,5-8,12,14H2,(H,25,29)/b16-13-. The molecule has 0 spiro atoms. The molecule has 0 aromatic heterocycles. The molecule has 2 aromatic carbocycles. The molecular weight excluding hydrogens is 450 g/mol. The summed E-state index contributed by atoms with van der Waals surface area (Å²) in [4.78, 5) is 27.1. The van der Waals surface area contributed by atoms with Crippen LogP contribution in [-0.4, -0.2) is 53.6 Å². The summed E-state index contributed by atoms with van der Waals surface area (Å²) in [5, 5.41) is 23.0. The number of nitro benzene ring substituents is 1. The quantitative estimate of drug-likeness (QED) is 0.296. The molecule has 0 radical (unpaired) electrons. The van der Waals surface area contributed by atoms with Crippen LogP contribution in [0.15, 0.2) is 48.2 Å². The summed E-state index contributed by atoms with van der Waals surface area (Å²) in [6.45, 7) is 3.82. The minimum Gasteiger partial charge on any atom is -0.454 e. The van der Waals surface area contributed by atoms with Gasteiger partial charge in [-0.1, -0.05) is 17.7 Å². The minimum absolute atomic E-state index is 0.0346. The van der Waals surface area contributed by atoms with Gasteiger partial charge in [-0.15, -0.1) is 0 Å². The van der Waals surface area contributed by atoms with Gasteiger partial charge in [0, 0.05) is 50.7 Å². The highest BCUT2D eigenvalue weighted by Crippen LogP contribution is 2.33. The van der Waals surface area contributed by atoms with E-state index in [-0.39, 0.29) is 28.8 Å². The molecule has 0 unspecified atom stereocenters. The molecule has 0 atom stereocenters. The molecule has 11 heteroatoms. The first-order valence-electron chi connectivity index (χ1n) is 10.1. The van der Waals surface area contributed by atoms with Crippen LogP contribution in [0.3, 0.4) is 0 Å². The van der Waals surface area contributed by atoms with Crippen LogP contribution in [0.2, 0.25) is 5.02 Å².